The largest absolute Gasteiger partial charge is 0.479 e. The molecule has 1 aliphatic rings. The number of nitrogens with zero attached hydrogens (tertiary/aromatic N) is 1. The van der Waals surface area contributed by atoms with Crippen molar-refractivity contribution in [3.63, 3.8) is 0 Å². The van der Waals surface area contributed by atoms with Crippen LogP contribution < -0.4 is 25.8 Å². The van der Waals surface area contributed by atoms with Crippen molar-refractivity contribution in [1.29, 1.82) is 0 Å². The minimum Gasteiger partial charge on any atom is -0.479 e. The molecule has 3 amide bonds. The summed E-state index contributed by atoms with van der Waals surface area (Å²) >= 11 is 0. The molecule has 0 aromatic heterocycles. The predicted octanol–water partition coefficient (Wildman–Crippen LogP) is 1.76. The number of hydrogen-bond donors (Lipinski definition) is 3. The van der Waals surface area contributed by atoms with E-state index in [2.05, 4.69) is 16.2 Å². The molecule has 8 nitrogen and oxygen atoms in total. The summed E-state index contributed by atoms with van der Waals surface area (Å²) in [5.41, 5.74) is 7.31. The Labute approximate surface area is 169 Å². The van der Waals surface area contributed by atoms with Crippen molar-refractivity contribution in [2.45, 2.75) is 26.4 Å². The number of aryl methyl sites for hydroxylation is 1. The highest BCUT2D eigenvalue weighted by Gasteiger charge is 2.31. The summed E-state index contributed by atoms with van der Waals surface area (Å²) in [4.78, 5) is 37.9. The van der Waals surface area contributed by atoms with Crippen molar-refractivity contribution in [2.75, 3.05) is 23.3 Å². The Bertz CT molecular complexity index is 898. The van der Waals surface area contributed by atoms with Gasteiger partial charge in [-0.25, -0.2) is 0 Å². The Morgan fingerprint density at radius 3 is 2.48 bits per heavy atom. The lowest BCUT2D eigenvalue weighted by Crippen LogP contribution is -2.48. The molecule has 29 heavy (non-hydrogen) atoms. The van der Waals surface area contributed by atoms with Crippen LogP contribution in [0.25, 0.3) is 0 Å². The number of rotatable bonds is 6. The molecule has 0 aliphatic carbocycles. The molecular weight excluding hydrogens is 372 g/mol. The fourth-order valence-corrected chi connectivity index (χ4v) is 2.90. The van der Waals surface area contributed by atoms with Gasteiger partial charge in [-0.2, -0.15) is 0 Å². The maximum Gasteiger partial charge on any atom is 0.267 e. The van der Waals surface area contributed by atoms with Crippen molar-refractivity contribution in [3.05, 3.63) is 54.1 Å². The molecule has 3 rings (SSSR count). The molecule has 2 aromatic carbocycles. The number of fused-ring (bicyclic) bond motifs is 1. The molecule has 0 radical (unpaired) electrons. The molecule has 152 valence electrons. The average molecular weight is 396 g/mol. The third-order valence-corrected chi connectivity index (χ3v) is 4.48. The van der Waals surface area contributed by atoms with E-state index in [1.54, 1.807) is 25.1 Å². The zero-order valence-electron chi connectivity index (χ0n) is 16.4. The number of nitrogens with one attached hydrogen (secondary N) is 3. The average Bonchev–Trinajstić information content (AvgIpc) is 2.72. The van der Waals surface area contributed by atoms with E-state index in [1.807, 2.05) is 37.3 Å². The van der Waals surface area contributed by atoms with Gasteiger partial charge in [-0.15, -0.1) is 0 Å². The Morgan fingerprint density at radius 1 is 1.03 bits per heavy atom. The SMILES string of the molecule is Cc1ccc(NCC(=O)NNC(=O)CCN2C(=O)C(C)Oc3ccccc32)cc1. The molecule has 2 aromatic rings. The maximum absolute atomic E-state index is 12.4. The van der Waals surface area contributed by atoms with Gasteiger partial charge in [0, 0.05) is 18.7 Å². The van der Waals surface area contributed by atoms with Crippen LogP contribution in [-0.4, -0.2) is 36.9 Å². The molecule has 0 bridgehead atoms. The minimum atomic E-state index is -0.611. The number of ether oxygens (including phenoxy) is 1. The Kier molecular flexibility index (Phi) is 6.33. The van der Waals surface area contributed by atoms with Gasteiger partial charge < -0.3 is 15.0 Å². The third kappa shape index (κ3) is 5.25. The van der Waals surface area contributed by atoms with Gasteiger partial charge in [0.2, 0.25) is 5.91 Å². The van der Waals surface area contributed by atoms with E-state index in [9.17, 15) is 14.4 Å². The van der Waals surface area contributed by atoms with Gasteiger partial charge in [0.25, 0.3) is 11.8 Å². The van der Waals surface area contributed by atoms with Gasteiger partial charge in [-0.1, -0.05) is 29.8 Å². The molecular formula is C21H24N4O4. The summed E-state index contributed by atoms with van der Waals surface area (Å²) in [5, 5.41) is 2.97. The maximum atomic E-state index is 12.4. The van der Waals surface area contributed by atoms with Gasteiger partial charge in [0.05, 0.1) is 12.2 Å². The predicted molar refractivity (Wildman–Crippen MR) is 109 cm³/mol. The number of anilines is 2. The van der Waals surface area contributed by atoms with E-state index in [4.69, 9.17) is 4.74 Å². The highest BCUT2D eigenvalue weighted by atomic mass is 16.5. The molecule has 0 fully saturated rings. The molecule has 1 atom stereocenters. The molecule has 0 saturated carbocycles. The van der Waals surface area contributed by atoms with Gasteiger partial charge >= 0.3 is 0 Å². The van der Waals surface area contributed by atoms with E-state index in [-0.39, 0.29) is 31.3 Å². The van der Waals surface area contributed by atoms with Crippen molar-refractivity contribution >= 4 is 29.1 Å². The molecule has 8 heteroatoms. The number of amides is 3. The van der Waals surface area contributed by atoms with Crippen LogP contribution in [0.3, 0.4) is 0 Å². The van der Waals surface area contributed by atoms with E-state index in [0.29, 0.717) is 11.4 Å². The number of benzene rings is 2. The standard InChI is InChI=1S/C21H24N4O4/c1-14-7-9-16(10-8-14)22-13-20(27)24-23-19(26)11-12-25-17-5-3-4-6-18(17)29-15(2)21(25)28/h3-10,15,22H,11-13H2,1-2H3,(H,23,26)(H,24,27). The van der Waals surface area contributed by atoms with Gasteiger partial charge in [-0.3, -0.25) is 25.2 Å². The lowest BCUT2D eigenvalue weighted by molar-refractivity contribution is -0.128. The first-order valence-electron chi connectivity index (χ1n) is 9.39. The lowest BCUT2D eigenvalue weighted by Gasteiger charge is -2.32. The fourth-order valence-electron chi connectivity index (χ4n) is 2.90. The first kappa shape index (κ1) is 20.2. The zero-order valence-corrected chi connectivity index (χ0v) is 16.4. The minimum absolute atomic E-state index is 0.0240. The van der Waals surface area contributed by atoms with Crippen LogP contribution >= 0.6 is 0 Å². The molecule has 1 unspecified atom stereocenters. The number of carbonyl (C=O) groups excluding carboxylic acids is 3. The zero-order chi connectivity index (χ0) is 20.8. The summed E-state index contributed by atoms with van der Waals surface area (Å²) in [6.07, 6.45) is -0.570. The van der Waals surface area contributed by atoms with Crippen molar-refractivity contribution in [1.82, 2.24) is 10.9 Å². The second kappa shape index (κ2) is 9.09. The van der Waals surface area contributed by atoms with E-state index in [1.165, 1.54) is 4.90 Å². The van der Waals surface area contributed by atoms with Crippen LogP contribution in [-0.2, 0) is 14.4 Å². The molecule has 1 aliphatic heterocycles. The second-order valence-electron chi connectivity index (χ2n) is 6.78. The molecule has 0 saturated heterocycles. The first-order chi connectivity index (χ1) is 13.9. The van der Waals surface area contributed by atoms with Crippen molar-refractivity contribution in [3.8, 4) is 5.75 Å². The van der Waals surface area contributed by atoms with Gasteiger partial charge in [0.15, 0.2) is 6.10 Å². The van der Waals surface area contributed by atoms with Crippen LogP contribution in [0.5, 0.6) is 5.75 Å². The molecule has 1 heterocycles. The summed E-state index contributed by atoms with van der Waals surface area (Å²) in [6, 6.07) is 14.8. The summed E-state index contributed by atoms with van der Waals surface area (Å²) in [6.45, 7) is 3.87. The topological polar surface area (TPSA) is 99.8 Å². The summed E-state index contributed by atoms with van der Waals surface area (Å²) in [7, 11) is 0. The van der Waals surface area contributed by atoms with E-state index in [0.717, 1.165) is 11.3 Å². The number of hydrazine groups is 1. The molecule has 3 N–H and O–H groups in total. The third-order valence-electron chi connectivity index (χ3n) is 4.48. The Morgan fingerprint density at radius 2 is 1.72 bits per heavy atom. The first-order valence-corrected chi connectivity index (χ1v) is 9.39. The summed E-state index contributed by atoms with van der Waals surface area (Å²) < 4.78 is 5.57. The van der Waals surface area contributed by atoms with Crippen LogP contribution in [0.4, 0.5) is 11.4 Å². The van der Waals surface area contributed by atoms with Gasteiger partial charge in [0.1, 0.15) is 5.75 Å². The highest BCUT2D eigenvalue weighted by molar-refractivity contribution is 6.00. The second-order valence-corrected chi connectivity index (χ2v) is 6.78. The Hall–Kier alpha value is -3.55. The highest BCUT2D eigenvalue weighted by Crippen LogP contribution is 2.33. The summed E-state index contributed by atoms with van der Waals surface area (Å²) in [5.74, 6) is -0.364. The van der Waals surface area contributed by atoms with E-state index >= 15 is 0 Å². The quantitative estimate of drug-likeness (QED) is 0.646. The van der Waals surface area contributed by atoms with E-state index < -0.39 is 12.0 Å². The normalized spacial score (nSPS) is 15.2. The van der Waals surface area contributed by atoms with Crippen LogP contribution in [0.15, 0.2) is 48.5 Å². The fraction of sp³-hybridized carbons (Fsp3) is 0.286. The van der Waals surface area contributed by atoms with Crippen molar-refractivity contribution in [2.24, 2.45) is 0 Å². The van der Waals surface area contributed by atoms with Crippen LogP contribution in [0.1, 0.15) is 18.9 Å². The van der Waals surface area contributed by atoms with Crippen molar-refractivity contribution < 1.29 is 19.1 Å². The van der Waals surface area contributed by atoms with Crippen LogP contribution in [0.2, 0.25) is 0 Å². The molecule has 0 spiro atoms. The Balaban J connectivity index is 1.44. The number of hydrogen-bond acceptors (Lipinski definition) is 5. The smallest absolute Gasteiger partial charge is 0.267 e. The monoisotopic (exact) mass is 396 g/mol. The lowest BCUT2D eigenvalue weighted by atomic mass is 10.1. The number of para-hydroxylation sites is 2. The number of carbonyl (C=O) groups is 3. The van der Waals surface area contributed by atoms with Gasteiger partial charge in [-0.05, 0) is 38.1 Å². The van der Waals surface area contributed by atoms with Crippen LogP contribution in [0, 0.1) is 6.92 Å².